The van der Waals surface area contributed by atoms with Crippen LogP contribution in [0, 0.1) is 0 Å². The molecule has 0 aromatic heterocycles. The van der Waals surface area contributed by atoms with Crippen LogP contribution in [0.2, 0.25) is 0 Å². The number of hydrogen-bond donors (Lipinski definition) is 1. The van der Waals surface area contributed by atoms with Crippen LogP contribution in [0.5, 0.6) is 0 Å². The summed E-state index contributed by atoms with van der Waals surface area (Å²) < 4.78 is 0. The topological polar surface area (TPSA) is 29.3 Å². The third kappa shape index (κ3) is 2.44. The van der Waals surface area contributed by atoms with Gasteiger partial charge in [0.05, 0.1) is 0 Å². The van der Waals surface area contributed by atoms with E-state index < -0.39 is 0 Å². The maximum atomic E-state index is 5.94. The Morgan fingerprint density at radius 1 is 1.21 bits per heavy atom. The summed E-state index contributed by atoms with van der Waals surface area (Å²) in [6.45, 7) is 3.67. The zero-order valence-corrected chi connectivity index (χ0v) is 9.93. The van der Waals surface area contributed by atoms with Crippen molar-refractivity contribution in [1.29, 1.82) is 0 Å². The van der Waals surface area contributed by atoms with Crippen molar-refractivity contribution in [2.75, 3.05) is 18.1 Å². The van der Waals surface area contributed by atoms with E-state index >= 15 is 0 Å². The number of thioether (sulfide) groups is 1. The molecular formula is C11H22N2S. The van der Waals surface area contributed by atoms with Crippen LogP contribution in [0.4, 0.5) is 0 Å². The molecule has 82 valence electrons. The molecular weight excluding hydrogens is 192 g/mol. The van der Waals surface area contributed by atoms with Crippen molar-refractivity contribution < 1.29 is 0 Å². The highest BCUT2D eigenvalue weighted by Gasteiger charge is 2.28. The minimum Gasteiger partial charge on any atom is -0.328 e. The highest BCUT2D eigenvalue weighted by Crippen LogP contribution is 2.27. The van der Waals surface area contributed by atoms with Crippen LogP contribution in [0.1, 0.15) is 32.6 Å². The fourth-order valence-corrected chi connectivity index (χ4v) is 3.75. The molecule has 0 aromatic carbocycles. The molecule has 1 unspecified atom stereocenters. The molecule has 0 bridgehead atoms. The Balaban J connectivity index is 1.87. The molecule has 2 aliphatic rings. The lowest BCUT2D eigenvalue weighted by Crippen LogP contribution is -2.49. The molecule has 0 spiro atoms. The Morgan fingerprint density at radius 3 is 2.57 bits per heavy atom. The van der Waals surface area contributed by atoms with Gasteiger partial charge < -0.3 is 5.73 Å². The van der Waals surface area contributed by atoms with E-state index in [-0.39, 0.29) is 0 Å². The van der Waals surface area contributed by atoms with Crippen LogP contribution in [0.3, 0.4) is 0 Å². The fourth-order valence-electron chi connectivity index (χ4n) is 2.72. The summed E-state index contributed by atoms with van der Waals surface area (Å²) in [5.41, 5.74) is 5.94. The minimum atomic E-state index is 0.487. The van der Waals surface area contributed by atoms with Crippen molar-refractivity contribution in [3.63, 3.8) is 0 Å². The van der Waals surface area contributed by atoms with E-state index in [1.54, 1.807) is 0 Å². The Kier molecular flexibility index (Phi) is 3.74. The lowest BCUT2D eigenvalue weighted by Gasteiger charge is -2.42. The van der Waals surface area contributed by atoms with Crippen molar-refractivity contribution in [1.82, 2.24) is 4.90 Å². The maximum Gasteiger partial charge on any atom is 0.0161 e. The maximum absolute atomic E-state index is 5.94. The van der Waals surface area contributed by atoms with E-state index in [9.17, 15) is 0 Å². The molecule has 2 rings (SSSR count). The zero-order valence-electron chi connectivity index (χ0n) is 9.11. The van der Waals surface area contributed by atoms with Gasteiger partial charge in [-0.3, -0.25) is 4.90 Å². The average molecular weight is 214 g/mol. The fraction of sp³-hybridized carbons (Fsp3) is 1.00. The molecule has 1 saturated heterocycles. The van der Waals surface area contributed by atoms with Crippen molar-refractivity contribution in [3.05, 3.63) is 0 Å². The van der Waals surface area contributed by atoms with Crippen LogP contribution < -0.4 is 5.73 Å². The van der Waals surface area contributed by atoms with Crippen LogP contribution in [0.25, 0.3) is 0 Å². The number of nitrogens with two attached hydrogens (primary N) is 1. The SMILES string of the molecule is CC1CSCCN1C1CCC(N)CC1. The van der Waals surface area contributed by atoms with Gasteiger partial charge in [0.15, 0.2) is 0 Å². The lowest BCUT2D eigenvalue weighted by molar-refractivity contribution is 0.122. The van der Waals surface area contributed by atoms with Crippen molar-refractivity contribution in [2.24, 2.45) is 5.73 Å². The summed E-state index contributed by atoms with van der Waals surface area (Å²) in [5, 5.41) is 0. The van der Waals surface area contributed by atoms with Gasteiger partial charge in [0.2, 0.25) is 0 Å². The first kappa shape index (κ1) is 10.8. The van der Waals surface area contributed by atoms with E-state index in [0.717, 1.165) is 12.1 Å². The summed E-state index contributed by atoms with van der Waals surface area (Å²) in [7, 11) is 0. The predicted octanol–water partition coefficient (Wildman–Crippen LogP) is 1.69. The van der Waals surface area contributed by atoms with Gasteiger partial charge in [0.25, 0.3) is 0 Å². The van der Waals surface area contributed by atoms with Gasteiger partial charge in [0, 0.05) is 36.2 Å². The first-order valence-electron chi connectivity index (χ1n) is 5.86. The molecule has 0 aromatic rings. The summed E-state index contributed by atoms with van der Waals surface area (Å²) in [4.78, 5) is 2.72. The second-order valence-electron chi connectivity index (χ2n) is 4.73. The quantitative estimate of drug-likeness (QED) is 0.720. The van der Waals surface area contributed by atoms with E-state index in [1.807, 2.05) is 0 Å². The van der Waals surface area contributed by atoms with Crippen molar-refractivity contribution >= 4 is 11.8 Å². The Hall–Kier alpha value is 0.270. The standard InChI is InChI=1S/C11H22N2S/c1-9-8-14-7-6-13(9)11-4-2-10(12)3-5-11/h9-11H,2-8,12H2,1H3. The van der Waals surface area contributed by atoms with Gasteiger partial charge in [-0.1, -0.05) is 0 Å². The number of rotatable bonds is 1. The van der Waals surface area contributed by atoms with Crippen LogP contribution in [0.15, 0.2) is 0 Å². The monoisotopic (exact) mass is 214 g/mol. The van der Waals surface area contributed by atoms with Crippen molar-refractivity contribution in [2.45, 2.75) is 50.7 Å². The lowest BCUT2D eigenvalue weighted by atomic mass is 9.90. The van der Waals surface area contributed by atoms with E-state index in [2.05, 4.69) is 23.6 Å². The molecule has 3 heteroatoms. The van der Waals surface area contributed by atoms with Gasteiger partial charge in [-0.05, 0) is 32.6 Å². The largest absolute Gasteiger partial charge is 0.328 e. The Labute approximate surface area is 91.6 Å². The Morgan fingerprint density at radius 2 is 1.93 bits per heavy atom. The molecule has 1 saturated carbocycles. The van der Waals surface area contributed by atoms with Gasteiger partial charge in [0.1, 0.15) is 0 Å². The van der Waals surface area contributed by atoms with E-state index in [4.69, 9.17) is 5.73 Å². The molecule has 1 atom stereocenters. The molecule has 0 amide bonds. The molecule has 14 heavy (non-hydrogen) atoms. The number of hydrogen-bond acceptors (Lipinski definition) is 3. The van der Waals surface area contributed by atoms with Crippen molar-refractivity contribution in [3.8, 4) is 0 Å². The van der Waals surface area contributed by atoms with Gasteiger partial charge in [-0.2, -0.15) is 11.8 Å². The van der Waals surface area contributed by atoms with Crippen LogP contribution >= 0.6 is 11.8 Å². The van der Waals surface area contributed by atoms with Gasteiger partial charge in [-0.15, -0.1) is 0 Å². The second-order valence-corrected chi connectivity index (χ2v) is 5.88. The highest BCUT2D eigenvalue weighted by molar-refractivity contribution is 7.99. The van der Waals surface area contributed by atoms with Gasteiger partial charge in [-0.25, -0.2) is 0 Å². The first-order valence-corrected chi connectivity index (χ1v) is 7.02. The van der Waals surface area contributed by atoms with E-state index in [1.165, 1.54) is 43.7 Å². The molecule has 1 aliphatic carbocycles. The third-order valence-corrected chi connectivity index (χ3v) is 4.82. The minimum absolute atomic E-state index is 0.487. The summed E-state index contributed by atoms with van der Waals surface area (Å²) in [6, 6.07) is 2.11. The summed E-state index contributed by atoms with van der Waals surface area (Å²) in [6.07, 6.45) is 5.13. The Bertz CT molecular complexity index is 178. The molecule has 1 heterocycles. The second kappa shape index (κ2) is 4.86. The molecule has 2 N–H and O–H groups in total. The zero-order chi connectivity index (χ0) is 9.97. The molecule has 0 radical (unpaired) electrons. The molecule has 2 nitrogen and oxygen atoms in total. The van der Waals surface area contributed by atoms with E-state index in [0.29, 0.717) is 6.04 Å². The highest BCUT2D eigenvalue weighted by atomic mass is 32.2. The normalized spacial score (nSPS) is 41.1. The molecule has 1 aliphatic heterocycles. The van der Waals surface area contributed by atoms with Crippen LogP contribution in [-0.4, -0.2) is 41.1 Å². The third-order valence-electron chi connectivity index (χ3n) is 3.63. The molecule has 2 fully saturated rings. The first-order chi connectivity index (χ1) is 6.77. The number of nitrogens with zero attached hydrogens (tertiary/aromatic N) is 1. The summed E-state index contributed by atoms with van der Waals surface area (Å²) >= 11 is 2.10. The smallest absolute Gasteiger partial charge is 0.0161 e. The van der Waals surface area contributed by atoms with Crippen LogP contribution in [-0.2, 0) is 0 Å². The van der Waals surface area contributed by atoms with Gasteiger partial charge >= 0.3 is 0 Å². The average Bonchev–Trinajstić information content (AvgIpc) is 2.20. The summed E-state index contributed by atoms with van der Waals surface area (Å²) in [5.74, 6) is 2.65. The predicted molar refractivity (Wildman–Crippen MR) is 63.7 cm³/mol.